The van der Waals surface area contributed by atoms with Gasteiger partial charge in [0.1, 0.15) is 0 Å². The molecule has 104 valence electrons. The smallest absolute Gasteiger partial charge is 0.319 e. The van der Waals surface area contributed by atoms with E-state index >= 15 is 0 Å². The number of amides is 2. The van der Waals surface area contributed by atoms with E-state index in [2.05, 4.69) is 10.2 Å². The van der Waals surface area contributed by atoms with Crippen molar-refractivity contribution in [2.45, 2.75) is 32.1 Å². The van der Waals surface area contributed by atoms with Crippen molar-refractivity contribution in [3.63, 3.8) is 0 Å². The zero-order valence-corrected chi connectivity index (χ0v) is 11.8. The van der Waals surface area contributed by atoms with Gasteiger partial charge < -0.3 is 15.1 Å². The average molecular weight is 274 g/mol. The van der Waals surface area contributed by atoms with Crippen LogP contribution < -0.4 is 5.32 Å². The molecule has 0 aromatic carbocycles. The number of hydrogen-bond donors (Lipinski definition) is 1. The van der Waals surface area contributed by atoms with E-state index in [9.17, 15) is 4.79 Å². The minimum Gasteiger partial charge on any atom is -0.325 e. The SMILES string of the molecule is Cl.O=C(N1CCCC1)N1CCC2(CCNC2)CC1. The van der Waals surface area contributed by atoms with Gasteiger partial charge in [0.25, 0.3) is 0 Å². The van der Waals surface area contributed by atoms with E-state index < -0.39 is 0 Å². The van der Waals surface area contributed by atoms with Crippen LogP contribution >= 0.6 is 12.4 Å². The second-order valence-corrected chi connectivity index (χ2v) is 5.89. The van der Waals surface area contributed by atoms with Crippen LogP contribution in [-0.2, 0) is 0 Å². The number of carbonyl (C=O) groups is 1. The Bertz CT molecular complexity index is 289. The van der Waals surface area contributed by atoms with Crippen molar-refractivity contribution < 1.29 is 4.79 Å². The topological polar surface area (TPSA) is 35.6 Å². The first kappa shape index (κ1) is 13.9. The first-order chi connectivity index (χ1) is 8.29. The molecule has 0 bridgehead atoms. The Kier molecular flexibility index (Phi) is 4.38. The number of nitrogens with zero attached hydrogens (tertiary/aromatic N) is 2. The summed E-state index contributed by atoms with van der Waals surface area (Å²) in [4.78, 5) is 16.4. The van der Waals surface area contributed by atoms with Crippen LogP contribution in [0.1, 0.15) is 32.1 Å². The maximum Gasteiger partial charge on any atom is 0.319 e. The fourth-order valence-corrected chi connectivity index (χ4v) is 3.50. The van der Waals surface area contributed by atoms with Gasteiger partial charge in [-0.2, -0.15) is 0 Å². The van der Waals surface area contributed by atoms with Gasteiger partial charge in [0.15, 0.2) is 0 Å². The molecule has 3 rings (SSSR count). The number of carbonyl (C=O) groups excluding carboxylic acids is 1. The van der Waals surface area contributed by atoms with Gasteiger partial charge in [-0.1, -0.05) is 0 Å². The monoisotopic (exact) mass is 273 g/mol. The van der Waals surface area contributed by atoms with E-state index in [4.69, 9.17) is 0 Å². The molecule has 3 fully saturated rings. The molecule has 2 amide bonds. The van der Waals surface area contributed by atoms with Crippen LogP contribution in [0.3, 0.4) is 0 Å². The van der Waals surface area contributed by atoms with E-state index in [1.807, 2.05) is 4.90 Å². The van der Waals surface area contributed by atoms with Crippen molar-refractivity contribution in [1.29, 1.82) is 0 Å². The molecule has 0 aliphatic carbocycles. The van der Waals surface area contributed by atoms with Crippen LogP contribution in [0.15, 0.2) is 0 Å². The summed E-state index contributed by atoms with van der Waals surface area (Å²) in [6, 6.07) is 0.295. The van der Waals surface area contributed by atoms with Crippen LogP contribution in [0.4, 0.5) is 4.79 Å². The highest BCUT2D eigenvalue weighted by Crippen LogP contribution is 2.37. The molecule has 3 aliphatic heterocycles. The Balaban J connectivity index is 0.00000120. The quantitative estimate of drug-likeness (QED) is 0.729. The number of urea groups is 1. The largest absolute Gasteiger partial charge is 0.325 e. The highest BCUT2D eigenvalue weighted by atomic mass is 35.5. The molecule has 5 heteroatoms. The molecule has 4 nitrogen and oxygen atoms in total. The maximum absolute atomic E-state index is 12.2. The van der Waals surface area contributed by atoms with Gasteiger partial charge in [-0.05, 0) is 44.1 Å². The zero-order valence-electron chi connectivity index (χ0n) is 11.0. The van der Waals surface area contributed by atoms with E-state index in [1.54, 1.807) is 0 Å². The molecule has 1 spiro atoms. The van der Waals surface area contributed by atoms with Gasteiger partial charge >= 0.3 is 6.03 Å². The number of hydrogen-bond acceptors (Lipinski definition) is 2. The molecule has 3 saturated heterocycles. The van der Waals surface area contributed by atoms with Gasteiger partial charge in [-0.3, -0.25) is 0 Å². The Labute approximate surface area is 115 Å². The van der Waals surface area contributed by atoms with Crippen molar-refractivity contribution in [1.82, 2.24) is 15.1 Å². The number of halogens is 1. The van der Waals surface area contributed by atoms with Crippen LogP contribution in [0.5, 0.6) is 0 Å². The Hall–Kier alpha value is -0.480. The first-order valence-electron chi connectivity index (χ1n) is 7.04. The second kappa shape index (κ2) is 5.66. The fraction of sp³-hybridized carbons (Fsp3) is 0.923. The fourth-order valence-electron chi connectivity index (χ4n) is 3.50. The normalized spacial score (nSPS) is 26.4. The Morgan fingerprint density at radius 2 is 1.56 bits per heavy atom. The number of nitrogens with one attached hydrogen (secondary N) is 1. The zero-order chi connectivity index (χ0) is 11.7. The van der Waals surface area contributed by atoms with E-state index in [0.29, 0.717) is 11.4 Å². The second-order valence-electron chi connectivity index (χ2n) is 5.89. The van der Waals surface area contributed by atoms with Gasteiger partial charge in [-0.25, -0.2) is 4.79 Å². The van der Waals surface area contributed by atoms with Crippen molar-refractivity contribution in [2.24, 2.45) is 5.41 Å². The van der Waals surface area contributed by atoms with Crippen molar-refractivity contribution >= 4 is 18.4 Å². The third-order valence-electron chi connectivity index (χ3n) is 4.80. The van der Waals surface area contributed by atoms with E-state index in [0.717, 1.165) is 26.2 Å². The predicted octanol–water partition coefficient (Wildman–Crippen LogP) is 1.70. The molecule has 1 N–H and O–H groups in total. The summed E-state index contributed by atoms with van der Waals surface area (Å²) in [5.74, 6) is 0. The minimum absolute atomic E-state index is 0. The molecule has 0 unspecified atom stereocenters. The third-order valence-corrected chi connectivity index (χ3v) is 4.80. The first-order valence-corrected chi connectivity index (χ1v) is 7.04. The lowest BCUT2D eigenvalue weighted by atomic mass is 9.78. The van der Waals surface area contributed by atoms with Crippen LogP contribution in [0.2, 0.25) is 0 Å². The van der Waals surface area contributed by atoms with Crippen LogP contribution in [-0.4, -0.2) is 55.1 Å². The molecule has 0 atom stereocenters. The van der Waals surface area contributed by atoms with Gasteiger partial charge in [-0.15, -0.1) is 12.4 Å². The standard InChI is InChI=1S/C13H23N3O.ClH/c17-12(15-7-1-2-8-15)16-9-4-13(5-10-16)3-6-14-11-13;/h14H,1-11H2;1H. The molecular formula is C13H24ClN3O. The van der Waals surface area contributed by atoms with Crippen molar-refractivity contribution in [3.8, 4) is 0 Å². The summed E-state index contributed by atoms with van der Waals surface area (Å²) < 4.78 is 0. The molecule has 3 heterocycles. The van der Waals surface area contributed by atoms with Crippen molar-refractivity contribution in [2.75, 3.05) is 39.3 Å². The van der Waals surface area contributed by atoms with Gasteiger partial charge in [0, 0.05) is 32.7 Å². The number of piperidine rings is 1. The summed E-state index contributed by atoms with van der Waals surface area (Å²) in [5, 5.41) is 3.47. The van der Waals surface area contributed by atoms with E-state index in [1.165, 1.54) is 45.2 Å². The lowest BCUT2D eigenvalue weighted by Gasteiger charge is -2.40. The van der Waals surface area contributed by atoms with Gasteiger partial charge in [0.2, 0.25) is 0 Å². The molecule has 0 radical (unpaired) electrons. The molecule has 3 aliphatic rings. The molecule has 18 heavy (non-hydrogen) atoms. The van der Waals surface area contributed by atoms with Gasteiger partial charge in [0.05, 0.1) is 0 Å². The van der Waals surface area contributed by atoms with Crippen LogP contribution in [0, 0.1) is 5.41 Å². The average Bonchev–Trinajstić information content (AvgIpc) is 3.01. The minimum atomic E-state index is 0. The number of rotatable bonds is 0. The summed E-state index contributed by atoms with van der Waals surface area (Å²) in [5.41, 5.74) is 0.516. The molecule has 0 saturated carbocycles. The molecule has 0 aromatic heterocycles. The Morgan fingerprint density at radius 3 is 2.11 bits per heavy atom. The Morgan fingerprint density at radius 1 is 0.944 bits per heavy atom. The highest BCUT2D eigenvalue weighted by molar-refractivity contribution is 5.85. The maximum atomic E-state index is 12.2. The summed E-state index contributed by atoms with van der Waals surface area (Å²) in [7, 11) is 0. The summed E-state index contributed by atoms with van der Waals surface area (Å²) in [6.45, 7) is 6.22. The lowest BCUT2D eigenvalue weighted by Crippen LogP contribution is -2.48. The van der Waals surface area contributed by atoms with E-state index in [-0.39, 0.29) is 12.4 Å². The third kappa shape index (κ3) is 2.59. The molecular weight excluding hydrogens is 250 g/mol. The summed E-state index contributed by atoms with van der Waals surface area (Å²) in [6.07, 6.45) is 6.07. The predicted molar refractivity (Wildman–Crippen MR) is 74.2 cm³/mol. The summed E-state index contributed by atoms with van der Waals surface area (Å²) >= 11 is 0. The molecule has 0 aromatic rings. The highest BCUT2D eigenvalue weighted by Gasteiger charge is 2.38. The number of likely N-dealkylation sites (tertiary alicyclic amines) is 2. The lowest BCUT2D eigenvalue weighted by molar-refractivity contribution is 0.110. The van der Waals surface area contributed by atoms with Crippen molar-refractivity contribution in [3.05, 3.63) is 0 Å². The van der Waals surface area contributed by atoms with Crippen LogP contribution in [0.25, 0.3) is 0 Å².